The molecular weight excluding hydrogens is 368 g/mol. The Kier molecular flexibility index (Phi) is 7.90. The zero-order valence-corrected chi connectivity index (χ0v) is 19.1. The number of benzene rings is 1. The lowest BCUT2D eigenvalue weighted by Gasteiger charge is -2.37. The second-order valence-corrected chi connectivity index (χ2v) is 10.5. The predicted molar refractivity (Wildman–Crippen MR) is 124 cm³/mol. The molecule has 0 amide bonds. The Morgan fingerprint density at radius 3 is 2.00 bits per heavy atom. The van der Waals surface area contributed by atoms with Gasteiger partial charge in [0.05, 0.1) is 5.92 Å². The van der Waals surface area contributed by atoms with Gasteiger partial charge in [0.25, 0.3) is 0 Å². The molecule has 0 aliphatic heterocycles. The van der Waals surface area contributed by atoms with Gasteiger partial charge in [-0.15, -0.1) is 0 Å². The summed E-state index contributed by atoms with van der Waals surface area (Å²) in [6.07, 6.45) is 19.7. The zero-order chi connectivity index (χ0) is 20.8. The van der Waals surface area contributed by atoms with Gasteiger partial charge >= 0.3 is 5.97 Å². The number of carbonyl (C=O) groups is 1. The number of carbonyl (C=O) groups excluding carboxylic acids is 1. The van der Waals surface area contributed by atoms with E-state index in [4.69, 9.17) is 4.74 Å². The van der Waals surface area contributed by atoms with E-state index in [0.717, 1.165) is 36.3 Å². The number of rotatable bonds is 6. The molecule has 1 aromatic carbocycles. The molecule has 0 atom stereocenters. The highest BCUT2D eigenvalue weighted by Gasteiger charge is 2.33. The maximum atomic E-state index is 12.7. The Labute approximate surface area is 184 Å². The van der Waals surface area contributed by atoms with E-state index in [1.54, 1.807) is 0 Å². The molecule has 0 aromatic heterocycles. The Morgan fingerprint density at radius 2 is 1.40 bits per heavy atom. The van der Waals surface area contributed by atoms with Crippen LogP contribution in [0, 0.1) is 23.7 Å². The van der Waals surface area contributed by atoms with Crippen molar-refractivity contribution in [2.45, 2.75) is 109 Å². The van der Waals surface area contributed by atoms with Crippen molar-refractivity contribution in [3.05, 3.63) is 29.8 Å². The van der Waals surface area contributed by atoms with Crippen LogP contribution in [0.4, 0.5) is 0 Å². The number of ether oxygens (including phenoxy) is 1. The summed E-state index contributed by atoms with van der Waals surface area (Å²) in [5.41, 5.74) is 1.42. The molecule has 0 spiro atoms. The fraction of sp³-hybridized carbons (Fsp3) is 0.750. The van der Waals surface area contributed by atoms with Crippen molar-refractivity contribution < 1.29 is 9.53 Å². The molecule has 3 saturated carbocycles. The summed E-state index contributed by atoms with van der Waals surface area (Å²) < 4.78 is 5.78. The Morgan fingerprint density at radius 1 is 0.800 bits per heavy atom. The van der Waals surface area contributed by atoms with E-state index in [1.807, 2.05) is 12.1 Å². The standard InChI is InChI=1S/C28H42O2/c1-2-6-21-9-11-23(12-10-21)24-13-15-26(16-14-24)28(29)30-27-19-17-25(18-20-27)22-7-4-3-5-8-22/h17-24,26H,2-16H2,1H3. The van der Waals surface area contributed by atoms with Gasteiger partial charge in [-0.25, -0.2) is 0 Å². The maximum Gasteiger partial charge on any atom is 0.314 e. The number of esters is 1. The van der Waals surface area contributed by atoms with Crippen LogP contribution >= 0.6 is 0 Å². The first-order valence-corrected chi connectivity index (χ1v) is 13.0. The third-order valence-electron chi connectivity index (χ3n) is 8.54. The summed E-state index contributed by atoms with van der Waals surface area (Å²) in [4.78, 5) is 12.7. The van der Waals surface area contributed by atoms with Crippen LogP contribution in [0.25, 0.3) is 0 Å². The van der Waals surface area contributed by atoms with Crippen molar-refractivity contribution in [2.24, 2.45) is 23.7 Å². The van der Waals surface area contributed by atoms with Crippen LogP contribution in [0.2, 0.25) is 0 Å². The van der Waals surface area contributed by atoms with Crippen molar-refractivity contribution in [1.82, 2.24) is 0 Å². The van der Waals surface area contributed by atoms with Gasteiger partial charge in [0.2, 0.25) is 0 Å². The Bertz CT molecular complexity index is 642. The molecule has 4 rings (SSSR count). The smallest absolute Gasteiger partial charge is 0.314 e. The first kappa shape index (κ1) is 21.9. The lowest BCUT2D eigenvalue weighted by atomic mass is 9.69. The van der Waals surface area contributed by atoms with Gasteiger partial charge in [0.1, 0.15) is 5.75 Å². The van der Waals surface area contributed by atoms with Crippen LogP contribution in [-0.4, -0.2) is 5.97 Å². The summed E-state index contributed by atoms with van der Waals surface area (Å²) in [7, 11) is 0. The van der Waals surface area contributed by atoms with Crippen LogP contribution in [0.3, 0.4) is 0 Å². The summed E-state index contributed by atoms with van der Waals surface area (Å²) in [5, 5.41) is 0. The molecule has 3 aliphatic carbocycles. The van der Waals surface area contributed by atoms with Crippen LogP contribution in [0.1, 0.15) is 115 Å². The number of hydrogen-bond acceptors (Lipinski definition) is 2. The van der Waals surface area contributed by atoms with E-state index < -0.39 is 0 Å². The van der Waals surface area contributed by atoms with Crippen molar-refractivity contribution in [3.63, 3.8) is 0 Å². The van der Waals surface area contributed by atoms with E-state index in [1.165, 1.54) is 89.0 Å². The first-order valence-electron chi connectivity index (χ1n) is 13.0. The van der Waals surface area contributed by atoms with E-state index in [0.29, 0.717) is 5.92 Å². The summed E-state index contributed by atoms with van der Waals surface area (Å²) in [5.74, 6) is 4.31. The highest BCUT2D eigenvalue weighted by Crippen LogP contribution is 2.42. The van der Waals surface area contributed by atoms with Gasteiger partial charge in [0.15, 0.2) is 0 Å². The zero-order valence-electron chi connectivity index (χ0n) is 19.1. The highest BCUT2D eigenvalue weighted by molar-refractivity contribution is 5.75. The van der Waals surface area contributed by atoms with E-state index in [-0.39, 0.29) is 11.9 Å². The van der Waals surface area contributed by atoms with Crippen molar-refractivity contribution >= 4 is 5.97 Å². The van der Waals surface area contributed by atoms with Gasteiger partial charge in [0, 0.05) is 0 Å². The minimum atomic E-state index is 0.00511. The summed E-state index contributed by atoms with van der Waals surface area (Å²) >= 11 is 0. The molecule has 1 aromatic rings. The van der Waals surface area contributed by atoms with Crippen LogP contribution in [0.5, 0.6) is 5.75 Å². The van der Waals surface area contributed by atoms with E-state index in [9.17, 15) is 4.79 Å². The van der Waals surface area contributed by atoms with E-state index in [2.05, 4.69) is 19.1 Å². The quantitative estimate of drug-likeness (QED) is 0.350. The fourth-order valence-corrected chi connectivity index (χ4v) is 6.63. The highest BCUT2D eigenvalue weighted by atomic mass is 16.5. The van der Waals surface area contributed by atoms with Gasteiger partial charge < -0.3 is 4.74 Å². The molecule has 0 heterocycles. The van der Waals surface area contributed by atoms with Crippen LogP contribution in [-0.2, 0) is 4.79 Å². The van der Waals surface area contributed by atoms with Crippen LogP contribution < -0.4 is 4.74 Å². The molecular formula is C28H42O2. The van der Waals surface area contributed by atoms with E-state index >= 15 is 0 Å². The number of hydrogen-bond donors (Lipinski definition) is 0. The SMILES string of the molecule is CCCC1CCC(C2CCC(C(=O)Oc3ccc(C4CCCCC4)cc3)CC2)CC1. The second-order valence-electron chi connectivity index (χ2n) is 10.5. The maximum absolute atomic E-state index is 12.7. The third kappa shape index (κ3) is 5.68. The van der Waals surface area contributed by atoms with Crippen molar-refractivity contribution in [1.29, 1.82) is 0 Å². The molecule has 0 saturated heterocycles. The normalized spacial score (nSPS) is 30.7. The molecule has 3 fully saturated rings. The van der Waals surface area contributed by atoms with Gasteiger partial charge in [-0.2, -0.15) is 0 Å². The lowest BCUT2D eigenvalue weighted by Crippen LogP contribution is -2.30. The summed E-state index contributed by atoms with van der Waals surface area (Å²) in [6.45, 7) is 2.32. The molecule has 0 N–H and O–H groups in total. The van der Waals surface area contributed by atoms with Crippen molar-refractivity contribution in [3.8, 4) is 5.75 Å². The molecule has 2 nitrogen and oxygen atoms in total. The van der Waals surface area contributed by atoms with Crippen LogP contribution in [0.15, 0.2) is 24.3 Å². The minimum absolute atomic E-state index is 0.00511. The van der Waals surface area contributed by atoms with Gasteiger partial charge in [-0.3, -0.25) is 4.79 Å². The topological polar surface area (TPSA) is 26.3 Å². The van der Waals surface area contributed by atoms with Crippen molar-refractivity contribution in [2.75, 3.05) is 0 Å². The largest absolute Gasteiger partial charge is 0.426 e. The lowest BCUT2D eigenvalue weighted by molar-refractivity contribution is -0.140. The molecule has 166 valence electrons. The fourth-order valence-electron chi connectivity index (χ4n) is 6.63. The Hall–Kier alpha value is -1.31. The average molecular weight is 411 g/mol. The second kappa shape index (κ2) is 10.8. The molecule has 0 radical (unpaired) electrons. The third-order valence-corrected chi connectivity index (χ3v) is 8.54. The van der Waals surface area contributed by atoms with Gasteiger partial charge in [-0.1, -0.05) is 64.0 Å². The molecule has 3 aliphatic rings. The minimum Gasteiger partial charge on any atom is -0.426 e. The molecule has 0 bridgehead atoms. The molecule has 0 unspecified atom stereocenters. The molecule has 2 heteroatoms. The average Bonchev–Trinajstić information content (AvgIpc) is 2.81. The van der Waals surface area contributed by atoms with Gasteiger partial charge in [-0.05, 0) is 92.7 Å². The molecule has 30 heavy (non-hydrogen) atoms. The summed E-state index contributed by atoms with van der Waals surface area (Å²) in [6, 6.07) is 8.40. The monoisotopic (exact) mass is 410 g/mol. The first-order chi connectivity index (χ1) is 14.7. The predicted octanol–water partition coefficient (Wildman–Crippen LogP) is 8.05. The Balaban J connectivity index is 1.21.